The van der Waals surface area contributed by atoms with Crippen LogP contribution in [0.5, 0.6) is 0 Å². The van der Waals surface area contributed by atoms with Crippen LogP contribution in [0.4, 0.5) is 5.69 Å². The van der Waals surface area contributed by atoms with Crippen LogP contribution in [-0.4, -0.2) is 27.2 Å². The Balaban J connectivity index is 1.96. The maximum Gasteiger partial charge on any atom is 0.227 e. The van der Waals surface area contributed by atoms with E-state index < -0.39 is 0 Å². The molecule has 1 aromatic carbocycles. The van der Waals surface area contributed by atoms with Crippen LogP contribution in [0.1, 0.15) is 24.8 Å². The molecule has 0 fully saturated rings. The van der Waals surface area contributed by atoms with E-state index in [1.54, 1.807) is 15.9 Å². The van der Waals surface area contributed by atoms with Gasteiger partial charge in [0, 0.05) is 25.2 Å². The van der Waals surface area contributed by atoms with Crippen LogP contribution >= 0.6 is 0 Å². The average molecular weight is 297 g/mol. The van der Waals surface area contributed by atoms with Crippen molar-refractivity contribution in [3.05, 3.63) is 42.5 Å². The lowest BCUT2D eigenvalue weighted by atomic mass is 10.2. The molecule has 1 heterocycles. The third-order valence-corrected chi connectivity index (χ3v) is 3.34. The second-order valence-electron chi connectivity index (χ2n) is 5.05. The Kier molecular flexibility index (Phi) is 5.66. The van der Waals surface area contributed by atoms with Gasteiger partial charge in [0.25, 0.3) is 0 Å². The molecule has 22 heavy (non-hydrogen) atoms. The quantitative estimate of drug-likeness (QED) is 0.786. The fraction of sp³-hybridized carbons (Fsp3) is 0.375. The number of aromatic nitrogens is 3. The van der Waals surface area contributed by atoms with Gasteiger partial charge in [0.05, 0.1) is 12.5 Å². The van der Waals surface area contributed by atoms with Gasteiger partial charge < -0.3 is 4.90 Å². The highest BCUT2D eigenvalue weighted by molar-refractivity contribution is 5.93. The van der Waals surface area contributed by atoms with Gasteiger partial charge in [-0.1, -0.05) is 17.7 Å². The lowest BCUT2D eigenvalue weighted by Crippen LogP contribution is -2.31. The summed E-state index contributed by atoms with van der Waals surface area (Å²) in [5.41, 5.74) is 1.98. The van der Waals surface area contributed by atoms with Crippen molar-refractivity contribution in [3.63, 3.8) is 0 Å². The number of rotatable bonds is 7. The Labute approximate surface area is 130 Å². The third kappa shape index (κ3) is 4.42. The molecular weight excluding hydrogens is 278 g/mol. The maximum absolute atomic E-state index is 12.4. The summed E-state index contributed by atoms with van der Waals surface area (Å²) in [4.78, 5) is 18.0. The molecule has 0 unspecified atom stereocenters. The Morgan fingerprint density at radius 1 is 1.36 bits per heavy atom. The van der Waals surface area contributed by atoms with E-state index in [0.717, 1.165) is 11.3 Å². The van der Waals surface area contributed by atoms with Gasteiger partial charge in [0.15, 0.2) is 0 Å². The number of hydrogen-bond acceptors (Lipinski definition) is 4. The smallest absolute Gasteiger partial charge is 0.227 e. The Morgan fingerprint density at radius 3 is 2.77 bits per heavy atom. The first kappa shape index (κ1) is 15.7. The van der Waals surface area contributed by atoms with Gasteiger partial charge in [-0.25, -0.2) is 4.98 Å². The number of nitriles is 1. The standard InChI is InChI=1S/C16H19N5O/c1-14-5-7-15(8-6-14)21(11-3-9-17)16(22)4-2-10-20-13-18-12-19-20/h5-8,12-13H,2-4,10-11H2,1H3. The molecule has 114 valence electrons. The summed E-state index contributed by atoms with van der Waals surface area (Å²) in [7, 11) is 0. The number of benzene rings is 1. The summed E-state index contributed by atoms with van der Waals surface area (Å²) in [5, 5.41) is 12.8. The van der Waals surface area contributed by atoms with E-state index in [1.807, 2.05) is 31.2 Å². The van der Waals surface area contributed by atoms with Gasteiger partial charge in [-0.3, -0.25) is 9.48 Å². The maximum atomic E-state index is 12.4. The fourth-order valence-corrected chi connectivity index (χ4v) is 2.16. The largest absolute Gasteiger partial charge is 0.311 e. The van der Waals surface area contributed by atoms with E-state index in [2.05, 4.69) is 16.2 Å². The lowest BCUT2D eigenvalue weighted by Gasteiger charge is -2.22. The first-order valence-corrected chi connectivity index (χ1v) is 7.27. The molecule has 0 atom stereocenters. The van der Waals surface area contributed by atoms with Crippen molar-refractivity contribution in [3.8, 4) is 6.07 Å². The van der Waals surface area contributed by atoms with Crippen LogP contribution in [0.15, 0.2) is 36.9 Å². The molecule has 6 heteroatoms. The second-order valence-corrected chi connectivity index (χ2v) is 5.05. The molecule has 2 rings (SSSR count). The van der Waals surface area contributed by atoms with Crippen molar-refractivity contribution in [1.29, 1.82) is 5.26 Å². The molecule has 0 saturated carbocycles. The Morgan fingerprint density at radius 2 is 2.14 bits per heavy atom. The SMILES string of the molecule is Cc1ccc(N(CCC#N)C(=O)CCCn2cncn2)cc1. The van der Waals surface area contributed by atoms with E-state index in [-0.39, 0.29) is 5.91 Å². The molecule has 0 bridgehead atoms. The molecule has 0 spiro atoms. The van der Waals surface area contributed by atoms with Gasteiger partial charge >= 0.3 is 0 Å². The van der Waals surface area contributed by atoms with Crippen LogP contribution in [0.2, 0.25) is 0 Å². The summed E-state index contributed by atoms with van der Waals surface area (Å²) < 4.78 is 1.71. The van der Waals surface area contributed by atoms with Crippen molar-refractivity contribution < 1.29 is 4.79 Å². The molecule has 0 aliphatic rings. The molecule has 0 aliphatic heterocycles. The molecule has 1 amide bonds. The molecule has 0 saturated heterocycles. The van der Waals surface area contributed by atoms with Gasteiger partial charge in [-0.05, 0) is 25.5 Å². The van der Waals surface area contributed by atoms with Gasteiger partial charge in [-0.15, -0.1) is 0 Å². The zero-order valence-electron chi connectivity index (χ0n) is 12.6. The highest BCUT2D eigenvalue weighted by Crippen LogP contribution is 2.17. The molecule has 6 nitrogen and oxygen atoms in total. The van der Waals surface area contributed by atoms with Gasteiger partial charge in [-0.2, -0.15) is 10.4 Å². The van der Waals surface area contributed by atoms with E-state index in [0.29, 0.717) is 32.4 Å². The predicted molar refractivity (Wildman–Crippen MR) is 83.0 cm³/mol. The average Bonchev–Trinajstić information content (AvgIpc) is 3.03. The molecule has 1 aromatic heterocycles. The van der Waals surface area contributed by atoms with Crippen LogP contribution in [0.3, 0.4) is 0 Å². The summed E-state index contributed by atoms with van der Waals surface area (Å²) in [5.74, 6) is 0.0271. The minimum Gasteiger partial charge on any atom is -0.311 e. The third-order valence-electron chi connectivity index (χ3n) is 3.34. The molecule has 0 aliphatic carbocycles. The second kappa shape index (κ2) is 7.93. The monoisotopic (exact) mass is 297 g/mol. The normalized spacial score (nSPS) is 10.2. The fourth-order valence-electron chi connectivity index (χ4n) is 2.16. The highest BCUT2D eigenvalue weighted by Gasteiger charge is 2.15. The first-order valence-electron chi connectivity index (χ1n) is 7.27. The van der Waals surface area contributed by atoms with Crippen LogP contribution in [0.25, 0.3) is 0 Å². The minimum absolute atomic E-state index is 0.0271. The number of aryl methyl sites for hydroxylation is 2. The van der Waals surface area contributed by atoms with Crippen LogP contribution < -0.4 is 4.90 Å². The summed E-state index contributed by atoms with van der Waals surface area (Å²) >= 11 is 0. The zero-order chi connectivity index (χ0) is 15.8. The van der Waals surface area contributed by atoms with E-state index in [9.17, 15) is 4.79 Å². The van der Waals surface area contributed by atoms with E-state index >= 15 is 0 Å². The topological polar surface area (TPSA) is 74.8 Å². The summed E-state index contributed by atoms with van der Waals surface area (Å²) in [6, 6.07) is 9.87. The number of hydrogen-bond donors (Lipinski definition) is 0. The van der Waals surface area contributed by atoms with Crippen molar-refractivity contribution in [2.45, 2.75) is 32.7 Å². The van der Waals surface area contributed by atoms with Crippen molar-refractivity contribution in [2.24, 2.45) is 0 Å². The van der Waals surface area contributed by atoms with Gasteiger partial charge in [0.1, 0.15) is 12.7 Å². The highest BCUT2D eigenvalue weighted by atomic mass is 16.2. The molecule has 2 aromatic rings. The molecule has 0 radical (unpaired) electrons. The van der Waals surface area contributed by atoms with E-state index in [4.69, 9.17) is 5.26 Å². The first-order chi connectivity index (χ1) is 10.7. The van der Waals surface area contributed by atoms with Crippen LogP contribution in [-0.2, 0) is 11.3 Å². The number of carbonyl (C=O) groups excluding carboxylic acids is 1. The summed E-state index contributed by atoms with van der Waals surface area (Å²) in [6.45, 7) is 3.08. The summed E-state index contributed by atoms with van der Waals surface area (Å²) in [6.07, 6.45) is 4.55. The molecular formula is C16H19N5O. The molecule has 0 N–H and O–H groups in total. The number of nitrogens with zero attached hydrogens (tertiary/aromatic N) is 5. The number of carbonyl (C=O) groups is 1. The Bertz CT molecular complexity index is 628. The number of amides is 1. The van der Waals surface area contributed by atoms with Gasteiger partial charge in [0.2, 0.25) is 5.91 Å². The van der Waals surface area contributed by atoms with Crippen LogP contribution in [0, 0.1) is 18.3 Å². The van der Waals surface area contributed by atoms with E-state index in [1.165, 1.54) is 6.33 Å². The lowest BCUT2D eigenvalue weighted by molar-refractivity contribution is -0.118. The number of anilines is 1. The zero-order valence-corrected chi connectivity index (χ0v) is 12.6. The van der Waals surface area contributed by atoms with Crippen molar-refractivity contribution >= 4 is 11.6 Å². The predicted octanol–water partition coefficient (Wildman–Crippen LogP) is 2.31. The van der Waals surface area contributed by atoms with Crippen molar-refractivity contribution in [1.82, 2.24) is 14.8 Å². The minimum atomic E-state index is 0.0271. The van der Waals surface area contributed by atoms with Crippen molar-refractivity contribution in [2.75, 3.05) is 11.4 Å². The Hall–Kier alpha value is -2.68.